The zero-order valence-electron chi connectivity index (χ0n) is 9.54. The fraction of sp³-hybridized carbons (Fsp3) is 0.455. The van der Waals surface area contributed by atoms with Crippen molar-refractivity contribution in [1.29, 1.82) is 0 Å². The quantitative estimate of drug-likeness (QED) is 0.869. The van der Waals surface area contributed by atoms with Crippen LogP contribution < -0.4 is 10.1 Å². The Kier molecular flexibility index (Phi) is 4.77. The van der Waals surface area contributed by atoms with Gasteiger partial charge in [0.2, 0.25) is 0 Å². The number of ether oxygens (including phenoxy) is 2. The molecular formula is C11H14F3NO2. The van der Waals surface area contributed by atoms with Crippen molar-refractivity contribution in [3.8, 4) is 5.75 Å². The zero-order valence-corrected chi connectivity index (χ0v) is 9.54. The van der Waals surface area contributed by atoms with Gasteiger partial charge in [-0.05, 0) is 13.1 Å². The van der Waals surface area contributed by atoms with Gasteiger partial charge in [-0.2, -0.15) is 0 Å². The van der Waals surface area contributed by atoms with Gasteiger partial charge in [0, 0.05) is 12.7 Å². The van der Waals surface area contributed by atoms with Crippen LogP contribution in [-0.4, -0.2) is 27.1 Å². The van der Waals surface area contributed by atoms with Crippen LogP contribution in [0.15, 0.2) is 24.3 Å². The molecule has 1 aromatic carbocycles. The molecule has 0 fully saturated rings. The van der Waals surface area contributed by atoms with Gasteiger partial charge in [-0.15, -0.1) is 13.2 Å². The summed E-state index contributed by atoms with van der Waals surface area (Å²) in [6, 6.07) is 5.64. The van der Waals surface area contributed by atoms with Crippen molar-refractivity contribution in [2.45, 2.75) is 12.4 Å². The van der Waals surface area contributed by atoms with Crippen LogP contribution in [0.2, 0.25) is 0 Å². The second kappa shape index (κ2) is 5.88. The summed E-state index contributed by atoms with van der Waals surface area (Å²) in [6.45, 7) is 0.259. The standard InChI is InChI=1S/C11H14F3NO2/c1-15-9(7-16-2)8-5-3-4-6-10(8)17-11(12,13)14/h3-6,9,15H,7H2,1-2H3. The molecule has 1 unspecified atom stereocenters. The van der Waals surface area contributed by atoms with Crippen LogP contribution in [0, 0.1) is 0 Å². The molecule has 1 rings (SSSR count). The largest absolute Gasteiger partial charge is 0.573 e. The van der Waals surface area contributed by atoms with Gasteiger partial charge in [0.05, 0.1) is 12.6 Å². The molecule has 0 amide bonds. The number of hydrogen-bond donors (Lipinski definition) is 1. The Bertz CT molecular complexity index is 355. The molecule has 0 bridgehead atoms. The Hall–Kier alpha value is -1.27. The summed E-state index contributed by atoms with van der Waals surface area (Å²) in [4.78, 5) is 0. The summed E-state index contributed by atoms with van der Waals surface area (Å²) in [5.74, 6) is -0.212. The Morgan fingerprint density at radius 3 is 2.47 bits per heavy atom. The molecule has 0 saturated heterocycles. The van der Waals surface area contributed by atoms with E-state index in [4.69, 9.17) is 4.74 Å². The second-order valence-electron chi connectivity index (χ2n) is 3.38. The van der Waals surface area contributed by atoms with E-state index in [-0.39, 0.29) is 18.4 Å². The zero-order chi connectivity index (χ0) is 12.9. The number of benzene rings is 1. The average Bonchev–Trinajstić information content (AvgIpc) is 2.25. The minimum absolute atomic E-state index is 0.212. The lowest BCUT2D eigenvalue weighted by Gasteiger charge is -2.19. The highest BCUT2D eigenvalue weighted by molar-refractivity contribution is 5.36. The molecule has 1 N–H and O–H groups in total. The van der Waals surface area contributed by atoms with E-state index in [0.717, 1.165) is 0 Å². The lowest BCUT2D eigenvalue weighted by atomic mass is 10.1. The molecule has 3 nitrogen and oxygen atoms in total. The van der Waals surface area contributed by atoms with E-state index in [1.807, 2.05) is 0 Å². The molecule has 0 spiro atoms. The van der Waals surface area contributed by atoms with Crippen LogP contribution >= 0.6 is 0 Å². The van der Waals surface area contributed by atoms with Crippen molar-refractivity contribution in [1.82, 2.24) is 5.32 Å². The Balaban J connectivity index is 2.97. The third kappa shape index (κ3) is 4.24. The first-order chi connectivity index (χ1) is 7.98. The fourth-order valence-electron chi connectivity index (χ4n) is 1.48. The topological polar surface area (TPSA) is 30.5 Å². The summed E-state index contributed by atoms with van der Waals surface area (Å²) < 4.78 is 45.5. The molecule has 0 saturated carbocycles. The van der Waals surface area contributed by atoms with E-state index in [1.54, 1.807) is 19.2 Å². The predicted octanol–water partition coefficient (Wildman–Crippen LogP) is 2.49. The van der Waals surface area contributed by atoms with Crippen LogP contribution in [0.3, 0.4) is 0 Å². The fourth-order valence-corrected chi connectivity index (χ4v) is 1.48. The number of likely N-dealkylation sites (N-methyl/N-ethyl adjacent to an activating group) is 1. The molecule has 1 atom stereocenters. The van der Waals surface area contributed by atoms with Crippen LogP contribution in [-0.2, 0) is 4.74 Å². The Morgan fingerprint density at radius 1 is 1.29 bits per heavy atom. The van der Waals surface area contributed by atoms with Crippen LogP contribution in [0.25, 0.3) is 0 Å². The lowest BCUT2D eigenvalue weighted by Crippen LogP contribution is -2.24. The first kappa shape index (κ1) is 13.8. The van der Waals surface area contributed by atoms with Gasteiger partial charge in [0.15, 0.2) is 0 Å². The van der Waals surface area contributed by atoms with Crippen LogP contribution in [0.5, 0.6) is 5.75 Å². The van der Waals surface area contributed by atoms with E-state index < -0.39 is 6.36 Å². The number of nitrogens with one attached hydrogen (secondary N) is 1. The van der Waals surface area contributed by atoms with Gasteiger partial charge >= 0.3 is 6.36 Å². The third-order valence-corrected chi connectivity index (χ3v) is 2.20. The van der Waals surface area contributed by atoms with Crippen molar-refractivity contribution < 1.29 is 22.6 Å². The number of alkyl halides is 3. The monoisotopic (exact) mass is 249 g/mol. The summed E-state index contributed by atoms with van der Waals surface area (Å²) in [5, 5.41) is 2.87. The molecule has 0 aliphatic rings. The number of para-hydroxylation sites is 1. The summed E-state index contributed by atoms with van der Waals surface area (Å²) in [7, 11) is 3.13. The highest BCUT2D eigenvalue weighted by Crippen LogP contribution is 2.30. The molecule has 17 heavy (non-hydrogen) atoms. The van der Waals surface area contributed by atoms with Crippen molar-refractivity contribution in [3.05, 3.63) is 29.8 Å². The van der Waals surface area contributed by atoms with Crippen molar-refractivity contribution in [3.63, 3.8) is 0 Å². The van der Waals surface area contributed by atoms with Crippen molar-refractivity contribution in [2.24, 2.45) is 0 Å². The molecule has 96 valence electrons. The van der Waals surface area contributed by atoms with E-state index in [0.29, 0.717) is 5.56 Å². The Morgan fingerprint density at radius 2 is 1.94 bits per heavy atom. The van der Waals surface area contributed by atoms with Gasteiger partial charge in [0.1, 0.15) is 5.75 Å². The molecule has 6 heteroatoms. The predicted molar refractivity (Wildman–Crippen MR) is 56.8 cm³/mol. The van der Waals surface area contributed by atoms with E-state index in [9.17, 15) is 13.2 Å². The molecular weight excluding hydrogens is 235 g/mol. The third-order valence-electron chi connectivity index (χ3n) is 2.20. The highest BCUT2D eigenvalue weighted by Gasteiger charge is 2.32. The summed E-state index contributed by atoms with van der Waals surface area (Å²) >= 11 is 0. The van der Waals surface area contributed by atoms with Crippen LogP contribution in [0.1, 0.15) is 11.6 Å². The summed E-state index contributed by atoms with van der Waals surface area (Å²) in [6.07, 6.45) is -4.69. The molecule has 0 aliphatic carbocycles. The smallest absolute Gasteiger partial charge is 0.405 e. The average molecular weight is 249 g/mol. The molecule has 0 aromatic heterocycles. The maximum atomic E-state index is 12.2. The Labute approximate surface area is 97.5 Å². The number of hydrogen-bond acceptors (Lipinski definition) is 3. The normalized spacial score (nSPS) is 13.5. The first-order valence-electron chi connectivity index (χ1n) is 4.99. The van der Waals surface area contributed by atoms with E-state index in [1.165, 1.54) is 19.2 Å². The van der Waals surface area contributed by atoms with E-state index >= 15 is 0 Å². The van der Waals surface area contributed by atoms with Gasteiger partial charge in [0.25, 0.3) is 0 Å². The van der Waals surface area contributed by atoms with Gasteiger partial charge in [-0.3, -0.25) is 0 Å². The second-order valence-corrected chi connectivity index (χ2v) is 3.38. The van der Waals surface area contributed by atoms with Crippen molar-refractivity contribution in [2.75, 3.05) is 20.8 Å². The first-order valence-corrected chi connectivity index (χ1v) is 4.99. The van der Waals surface area contributed by atoms with Crippen molar-refractivity contribution >= 4 is 0 Å². The van der Waals surface area contributed by atoms with Gasteiger partial charge < -0.3 is 14.8 Å². The molecule has 0 heterocycles. The minimum atomic E-state index is -4.69. The number of methoxy groups -OCH3 is 1. The molecule has 0 aliphatic heterocycles. The number of rotatable bonds is 5. The maximum absolute atomic E-state index is 12.2. The molecule has 1 aromatic rings. The highest BCUT2D eigenvalue weighted by atomic mass is 19.4. The van der Waals surface area contributed by atoms with Gasteiger partial charge in [-0.25, -0.2) is 0 Å². The lowest BCUT2D eigenvalue weighted by molar-refractivity contribution is -0.275. The number of halogens is 3. The summed E-state index contributed by atoms with van der Waals surface area (Å²) in [5.41, 5.74) is 0.411. The van der Waals surface area contributed by atoms with Crippen LogP contribution in [0.4, 0.5) is 13.2 Å². The molecule has 0 radical (unpaired) electrons. The SMILES string of the molecule is CNC(COC)c1ccccc1OC(F)(F)F. The maximum Gasteiger partial charge on any atom is 0.573 e. The minimum Gasteiger partial charge on any atom is -0.405 e. The van der Waals surface area contributed by atoms with Gasteiger partial charge in [-0.1, -0.05) is 18.2 Å². The van der Waals surface area contributed by atoms with E-state index in [2.05, 4.69) is 10.1 Å².